The van der Waals surface area contributed by atoms with Gasteiger partial charge in [-0.25, -0.2) is 13.4 Å². The van der Waals surface area contributed by atoms with E-state index in [1.807, 2.05) is 0 Å². The molecule has 6 nitrogen and oxygen atoms in total. The van der Waals surface area contributed by atoms with Gasteiger partial charge in [-0.1, -0.05) is 0 Å². The summed E-state index contributed by atoms with van der Waals surface area (Å²) in [6.45, 7) is 0. The molecule has 2 N–H and O–H groups in total. The standard InChI is InChI=1S/C12H11F3N2O4S2/c1-23(20,21)9-5-11(19,12(13,14)15)16-10-17(9)7-3-2-6(18)4-8(7)22-10/h2-4,9,18-19H,5H2,1H3/t9-,11-/m1/s1. The van der Waals surface area contributed by atoms with E-state index in [4.69, 9.17) is 0 Å². The van der Waals surface area contributed by atoms with E-state index in [1.54, 1.807) is 0 Å². The second kappa shape index (κ2) is 4.77. The van der Waals surface area contributed by atoms with Gasteiger partial charge in [-0.15, -0.1) is 0 Å². The van der Waals surface area contributed by atoms with Gasteiger partial charge in [0.1, 0.15) is 11.1 Å². The highest BCUT2D eigenvalue weighted by Gasteiger charge is 2.60. The van der Waals surface area contributed by atoms with E-state index in [0.29, 0.717) is 10.6 Å². The molecule has 1 aromatic carbocycles. The van der Waals surface area contributed by atoms with Crippen LogP contribution in [-0.2, 0) is 9.84 Å². The van der Waals surface area contributed by atoms with Crippen molar-refractivity contribution in [2.24, 2.45) is 4.99 Å². The van der Waals surface area contributed by atoms with Crippen molar-refractivity contribution in [2.75, 3.05) is 11.2 Å². The number of benzene rings is 1. The van der Waals surface area contributed by atoms with E-state index in [0.717, 1.165) is 22.9 Å². The number of rotatable bonds is 1. The van der Waals surface area contributed by atoms with Gasteiger partial charge in [0.05, 0.1) is 5.69 Å². The Kier molecular flexibility index (Phi) is 3.40. The minimum atomic E-state index is -5.10. The number of phenols is 1. The zero-order valence-electron chi connectivity index (χ0n) is 11.6. The van der Waals surface area contributed by atoms with E-state index in [2.05, 4.69) is 4.99 Å². The van der Waals surface area contributed by atoms with Crippen molar-refractivity contribution >= 4 is 32.5 Å². The first-order valence-electron chi connectivity index (χ1n) is 6.30. The first-order valence-corrected chi connectivity index (χ1v) is 9.07. The number of phenolic OH excluding ortho intramolecular Hbond substituents is 1. The highest BCUT2D eigenvalue weighted by atomic mass is 32.2. The van der Waals surface area contributed by atoms with Crippen molar-refractivity contribution in [3.63, 3.8) is 0 Å². The molecule has 0 amide bonds. The normalized spacial score (nSPS) is 27.4. The number of anilines is 1. The summed E-state index contributed by atoms with van der Waals surface area (Å²) in [6.07, 6.45) is -5.42. The minimum absolute atomic E-state index is 0.112. The third-order valence-electron chi connectivity index (χ3n) is 3.59. The van der Waals surface area contributed by atoms with Gasteiger partial charge in [-0.3, -0.25) is 0 Å². The van der Waals surface area contributed by atoms with E-state index in [-0.39, 0.29) is 10.9 Å². The summed E-state index contributed by atoms with van der Waals surface area (Å²) in [5.74, 6) is -0.112. The van der Waals surface area contributed by atoms with Gasteiger partial charge in [-0.2, -0.15) is 13.2 Å². The maximum Gasteiger partial charge on any atom is 0.438 e. The molecule has 2 aliphatic heterocycles. The van der Waals surface area contributed by atoms with Crippen molar-refractivity contribution in [3.05, 3.63) is 18.2 Å². The lowest BCUT2D eigenvalue weighted by Gasteiger charge is -2.39. The lowest BCUT2D eigenvalue weighted by atomic mass is 10.1. The van der Waals surface area contributed by atoms with Crippen LogP contribution in [0.3, 0.4) is 0 Å². The van der Waals surface area contributed by atoms with Crippen LogP contribution in [0.5, 0.6) is 5.75 Å². The predicted octanol–water partition coefficient (Wildman–Crippen LogP) is 1.69. The number of amidine groups is 1. The summed E-state index contributed by atoms with van der Waals surface area (Å²) in [5, 5.41) is 17.4. The fourth-order valence-corrected chi connectivity index (χ4v) is 4.82. The lowest BCUT2D eigenvalue weighted by Crippen LogP contribution is -2.57. The van der Waals surface area contributed by atoms with Crippen LogP contribution in [0.15, 0.2) is 28.1 Å². The van der Waals surface area contributed by atoms with Crippen molar-refractivity contribution in [3.8, 4) is 5.75 Å². The Bertz CT molecular complexity index is 809. The molecular formula is C12H11F3N2O4S2. The molecule has 0 saturated heterocycles. The number of aliphatic hydroxyl groups is 1. The number of halogens is 3. The van der Waals surface area contributed by atoms with Crippen molar-refractivity contribution in [2.45, 2.75) is 28.6 Å². The quantitative estimate of drug-likeness (QED) is 0.784. The van der Waals surface area contributed by atoms with Crippen LogP contribution in [0.1, 0.15) is 6.42 Å². The average molecular weight is 368 g/mol. The van der Waals surface area contributed by atoms with Crippen LogP contribution >= 0.6 is 11.8 Å². The lowest BCUT2D eigenvalue weighted by molar-refractivity contribution is -0.259. The van der Waals surface area contributed by atoms with Crippen LogP contribution < -0.4 is 4.90 Å². The maximum absolute atomic E-state index is 13.1. The molecule has 0 fully saturated rings. The zero-order valence-corrected chi connectivity index (χ0v) is 13.2. The SMILES string of the molecule is CS(=O)(=O)[C@@H]1C[C@@](O)(C(F)(F)F)N=C2Sc3cc(O)ccc3N21. The molecule has 2 atom stereocenters. The van der Waals surface area contributed by atoms with Gasteiger partial charge < -0.3 is 15.1 Å². The summed E-state index contributed by atoms with van der Waals surface area (Å²) >= 11 is 0.764. The molecule has 2 heterocycles. The predicted molar refractivity (Wildman–Crippen MR) is 78.1 cm³/mol. The summed E-state index contributed by atoms with van der Waals surface area (Å²) in [6, 6.07) is 4.00. The Morgan fingerprint density at radius 1 is 1.43 bits per heavy atom. The zero-order chi connectivity index (χ0) is 17.2. The molecular weight excluding hydrogens is 357 g/mol. The molecule has 0 bridgehead atoms. The Hall–Kier alpha value is -1.46. The molecule has 0 aromatic heterocycles. The fraction of sp³-hybridized carbons (Fsp3) is 0.417. The fourth-order valence-electron chi connectivity index (χ4n) is 2.45. The van der Waals surface area contributed by atoms with Gasteiger partial charge in [0.15, 0.2) is 15.0 Å². The largest absolute Gasteiger partial charge is 0.508 e. The van der Waals surface area contributed by atoms with Crippen LogP contribution in [-0.4, -0.2) is 47.3 Å². The van der Waals surface area contributed by atoms with Gasteiger partial charge in [0, 0.05) is 17.6 Å². The molecule has 0 spiro atoms. The summed E-state index contributed by atoms with van der Waals surface area (Å²) in [7, 11) is -3.95. The molecule has 23 heavy (non-hydrogen) atoms. The summed E-state index contributed by atoms with van der Waals surface area (Å²) in [5.41, 5.74) is -3.14. The highest BCUT2D eigenvalue weighted by Crippen LogP contribution is 2.50. The molecule has 0 aliphatic carbocycles. The average Bonchev–Trinajstić information content (AvgIpc) is 2.71. The summed E-state index contributed by atoms with van der Waals surface area (Å²) in [4.78, 5) is 4.86. The number of aliphatic imine (C=N–C) groups is 1. The number of alkyl halides is 3. The van der Waals surface area contributed by atoms with Crippen molar-refractivity contribution in [1.29, 1.82) is 0 Å². The number of aromatic hydroxyl groups is 1. The number of hydrogen-bond acceptors (Lipinski definition) is 7. The van der Waals surface area contributed by atoms with Gasteiger partial charge >= 0.3 is 6.18 Å². The van der Waals surface area contributed by atoms with Crippen molar-refractivity contribution < 1.29 is 31.8 Å². The van der Waals surface area contributed by atoms with E-state index >= 15 is 0 Å². The highest BCUT2D eigenvalue weighted by molar-refractivity contribution is 8.15. The molecule has 0 saturated carbocycles. The monoisotopic (exact) mass is 368 g/mol. The number of sulfone groups is 1. The Balaban J connectivity index is 2.20. The molecule has 0 radical (unpaired) electrons. The van der Waals surface area contributed by atoms with Crippen molar-refractivity contribution in [1.82, 2.24) is 0 Å². The third kappa shape index (κ3) is 2.56. The van der Waals surface area contributed by atoms with Crippen LogP contribution in [0.2, 0.25) is 0 Å². The van der Waals surface area contributed by atoms with Crippen LogP contribution in [0.25, 0.3) is 0 Å². The molecule has 126 valence electrons. The Morgan fingerprint density at radius 2 is 2.09 bits per heavy atom. The number of fused-ring (bicyclic) bond motifs is 3. The Labute approximate surface area is 133 Å². The summed E-state index contributed by atoms with van der Waals surface area (Å²) < 4.78 is 63.3. The Morgan fingerprint density at radius 3 is 2.65 bits per heavy atom. The number of hydrogen-bond donors (Lipinski definition) is 2. The van der Waals surface area contributed by atoms with E-state index < -0.39 is 33.5 Å². The first kappa shape index (κ1) is 16.4. The van der Waals surface area contributed by atoms with Gasteiger partial charge in [0.25, 0.3) is 5.72 Å². The van der Waals surface area contributed by atoms with Crippen LogP contribution in [0.4, 0.5) is 18.9 Å². The van der Waals surface area contributed by atoms with Crippen LogP contribution in [0, 0.1) is 0 Å². The molecule has 2 aliphatic rings. The maximum atomic E-state index is 13.1. The topological polar surface area (TPSA) is 90.2 Å². The van der Waals surface area contributed by atoms with Gasteiger partial charge in [-0.05, 0) is 30.0 Å². The molecule has 1 aromatic rings. The van der Waals surface area contributed by atoms with Gasteiger partial charge in [0.2, 0.25) is 0 Å². The first-order chi connectivity index (χ1) is 10.4. The van der Waals surface area contributed by atoms with E-state index in [1.165, 1.54) is 18.2 Å². The van der Waals surface area contributed by atoms with E-state index in [9.17, 15) is 31.8 Å². The minimum Gasteiger partial charge on any atom is -0.508 e. The molecule has 0 unspecified atom stereocenters. The smallest absolute Gasteiger partial charge is 0.438 e. The number of thioether (sulfide) groups is 1. The second-order valence-electron chi connectivity index (χ2n) is 5.32. The molecule has 11 heteroatoms. The molecule has 3 rings (SSSR count). The third-order valence-corrected chi connectivity index (χ3v) is 5.97. The second-order valence-corrected chi connectivity index (χ2v) is 8.53. The number of nitrogens with zero attached hydrogens (tertiary/aromatic N) is 2.